The van der Waals surface area contributed by atoms with E-state index >= 15 is 0 Å². The van der Waals surface area contributed by atoms with Crippen LogP contribution in [0, 0.1) is 11.3 Å². The third kappa shape index (κ3) is 4.18. The Kier molecular flexibility index (Phi) is 6.64. The van der Waals surface area contributed by atoms with Crippen LogP contribution in [-0.4, -0.2) is 4.98 Å². The molecule has 1 heterocycles. The summed E-state index contributed by atoms with van der Waals surface area (Å²) in [6.07, 6.45) is 5.46. The van der Waals surface area contributed by atoms with Crippen LogP contribution in [0.5, 0.6) is 0 Å². The van der Waals surface area contributed by atoms with Crippen LogP contribution in [0.1, 0.15) is 34.4 Å². The van der Waals surface area contributed by atoms with Crippen LogP contribution in [-0.2, 0) is 5.41 Å². The van der Waals surface area contributed by atoms with Crippen LogP contribution < -0.4 is 5.73 Å². The van der Waals surface area contributed by atoms with Crippen molar-refractivity contribution in [2.75, 3.05) is 0 Å². The van der Waals surface area contributed by atoms with Gasteiger partial charge in [0.2, 0.25) is 0 Å². The molecular weight excluding hydrogens is 595 g/mol. The van der Waals surface area contributed by atoms with Gasteiger partial charge in [0.05, 0.1) is 29.3 Å². The quantitative estimate of drug-likeness (QED) is 0.194. The first kappa shape index (κ1) is 28.7. The number of nitrogens with zero attached hydrogens (tertiary/aromatic N) is 2. The molecule has 1 spiro atoms. The molecule has 0 unspecified atom stereocenters. The Balaban J connectivity index is 1.39. The number of pyridine rings is 1. The van der Waals surface area contributed by atoms with Crippen LogP contribution >= 0.6 is 0 Å². The Bertz CT molecular complexity index is 2500. The lowest BCUT2D eigenvalue weighted by Gasteiger charge is -2.31. The average molecular weight is 626 g/mol. The number of aromatic nitrogens is 1. The molecular formula is C46H31N3. The molecule has 2 aliphatic carbocycles. The predicted molar refractivity (Wildman–Crippen MR) is 200 cm³/mol. The molecule has 49 heavy (non-hydrogen) atoms. The zero-order chi connectivity index (χ0) is 33.0. The molecule has 0 bridgehead atoms. The fourth-order valence-corrected chi connectivity index (χ4v) is 8.28. The molecule has 0 saturated heterocycles. The minimum atomic E-state index is -0.515. The van der Waals surface area contributed by atoms with Gasteiger partial charge in [0, 0.05) is 5.56 Å². The van der Waals surface area contributed by atoms with Gasteiger partial charge >= 0.3 is 0 Å². The first-order chi connectivity index (χ1) is 24.2. The summed E-state index contributed by atoms with van der Waals surface area (Å²) in [7, 11) is 0. The molecule has 0 aliphatic heterocycles. The van der Waals surface area contributed by atoms with Crippen LogP contribution in [0.15, 0.2) is 164 Å². The highest BCUT2D eigenvalue weighted by Crippen LogP contribution is 2.64. The normalized spacial score (nSPS) is 13.7. The fraction of sp³-hybridized carbons (Fsp3) is 0.0435. The van der Waals surface area contributed by atoms with Crippen molar-refractivity contribution in [2.24, 2.45) is 5.73 Å². The maximum absolute atomic E-state index is 9.30. The van der Waals surface area contributed by atoms with E-state index in [9.17, 15) is 5.26 Å². The zero-order valence-corrected chi connectivity index (χ0v) is 26.8. The van der Waals surface area contributed by atoms with E-state index in [0.717, 1.165) is 27.9 Å². The number of fused-ring (bicyclic) bond motifs is 12. The molecule has 0 amide bonds. The van der Waals surface area contributed by atoms with E-state index < -0.39 is 5.41 Å². The minimum absolute atomic E-state index is 0.276. The first-order valence-corrected chi connectivity index (χ1v) is 16.6. The second kappa shape index (κ2) is 11.3. The molecule has 3 nitrogen and oxygen atoms in total. The van der Waals surface area contributed by atoms with Crippen molar-refractivity contribution < 1.29 is 0 Å². The average Bonchev–Trinajstić information content (AvgIpc) is 3.63. The van der Waals surface area contributed by atoms with Crippen molar-refractivity contribution in [1.29, 1.82) is 5.26 Å². The summed E-state index contributed by atoms with van der Waals surface area (Å²) in [5.74, 6) is 0. The molecule has 0 fully saturated rings. The molecule has 0 atom stereocenters. The summed E-state index contributed by atoms with van der Waals surface area (Å²) in [5, 5.41) is 11.7. The first-order valence-electron chi connectivity index (χ1n) is 16.6. The third-order valence-electron chi connectivity index (χ3n) is 10.2. The van der Waals surface area contributed by atoms with Crippen molar-refractivity contribution in [2.45, 2.75) is 11.8 Å². The Labute approximate surface area is 286 Å². The minimum Gasteiger partial charge on any atom is -0.405 e. The van der Waals surface area contributed by atoms with Gasteiger partial charge in [-0.1, -0.05) is 127 Å². The van der Waals surface area contributed by atoms with Gasteiger partial charge in [0.1, 0.15) is 0 Å². The van der Waals surface area contributed by atoms with E-state index in [1.54, 1.807) is 0 Å². The summed E-state index contributed by atoms with van der Waals surface area (Å²) >= 11 is 0. The SMILES string of the molecule is N#CC/C=C(\C=C/N)c1cccc(-c2cc3c(c4ccccc24)-c2ccc(-c4ccccc4)cc2C32c3ccccc3-c3ccccc32)n1. The van der Waals surface area contributed by atoms with E-state index in [-0.39, 0.29) is 6.42 Å². The molecule has 3 heteroatoms. The second-order valence-corrected chi connectivity index (χ2v) is 12.6. The molecule has 0 saturated carbocycles. The standard InChI is InChI=1S/C46H31N3/c47-26-11-14-31(25-27-48)43-21-10-22-44(49-43)38-29-42-45(36-18-5-4-15-33(36)38)37-24-23-32(30-12-2-1-3-13-30)28-41(37)46(42)39-19-8-6-16-34(39)35-17-7-9-20-40(35)46/h1-10,12-25,27-29H,11,48H2/b27-25-,31-14+. The Morgan fingerprint density at radius 2 is 1.31 bits per heavy atom. The molecule has 2 N–H and O–H groups in total. The van der Waals surface area contributed by atoms with E-state index in [0.29, 0.717) is 0 Å². The van der Waals surface area contributed by atoms with E-state index in [2.05, 4.69) is 140 Å². The van der Waals surface area contributed by atoms with Crippen LogP contribution in [0.4, 0.5) is 0 Å². The lowest BCUT2D eigenvalue weighted by atomic mass is 9.69. The number of hydrogen-bond donors (Lipinski definition) is 1. The second-order valence-electron chi connectivity index (χ2n) is 12.6. The highest BCUT2D eigenvalue weighted by molar-refractivity contribution is 6.11. The number of nitrogens with two attached hydrogens (primary N) is 1. The monoisotopic (exact) mass is 625 g/mol. The number of nitriles is 1. The highest BCUT2D eigenvalue weighted by Gasteiger charge is 2.52. The maximum Gasteiger partial charge on any atom is 0.0726 e. The topological polar surface area (TPSA) is 62.7 Å². The lowest BCUT2D eigenvalue weighted by molar-refractivity contribution is 0.795. The van der Waals surface area contributed by atoms with Crippen molar-refractivity contribution in [1.82, 2.24) is 4.98 Å². The van der Waals surface area contributed by atoms with Crippen molar-refractivity contribution in [3.8, 4) is 50.7 Å². The summed E-state index contributed by atoms with van der Waals surface area (Å²) < 4.78 is 0. The van der Waals surface area contributed by atoms with Gasteiger partial charge in [0.15, 0.2) is 0 Å². The van der Waals surface area contributed by atoms with Gasteiger partial charge < -0.3 is 5.73 Å². The van der Waals surface area contributed by atoms with Crippen molar-refractivity contribution in [3.05, 3.63) is 192 Å². The Hall–Kier alpha value is -6.50. The van der Waals surface area contributed by atoms with Gasteiger partial charge in [-0.15, -0.1) is 0 Å². The molecule has 2 aliphatic rings. The largest absolute Gasteiger partial charge is 0.405 e. The predicted octanol–water partition coefficient (Wildman–Crippen LogP) is 10.7. The van der Waals surface area contributed by atoms with E-state index in [1.165, 1.54) is 67.2 Å². The Morgan fingerprint density at radius 1 is 0.612 bits per heavy atom. The Morgan fingerprint density at radius 3 is 2.04 bits per heavy atom. The van der Waals surface area contributed by atoms with Crippen molar-refractivity contribution in [3.63, 3.8) is 0 Å². The number of benzene rings is 6. The molecule has 7 aromatic rings. The fourth-order valence-electron chi connectivity index (χ4n) is 8.28. The summed E-state index contributed by atoms with van der Waals surface area (Å²) in [6.45, 7) is 0. The molecule has 1 aromatic heterocycles. The zero-order valence-electron chi connectivity index (χ0n) is 26.8. The van der Waals surface area contributed by atoms with Crippen molar-refractivity contribution >= 4 is 16.3 Å². The summed E-state index contributed by atoms with van der Waals surface area (Å²) in [4.78, 5) is 5.21. The highest BCUT2D eigenvalue weighted by atomic mass is 14.7. The van der Waals surface area contributed by atoms with Gasteiger partial charge in [-0.2, -0.15) is 5.26 Å². The number of rotatable bonds is 5. The van der Waals surface area contributed by atoms with E-state index in [1.807, 2.05) is 24.3 Å². The van der Waals surface area contributed by atoms with Gasteiger partial charge in [-0.25, -0.2) is 4.98 Å². The maximum atomic E-state index is 9.30. The summed E-state index contributed by atoms with van der Waals surface area (Å²) in [5.41, 5.74) is 21.6. The van der Waals surface area contributed by atoms with Gasteiger partial charge in [-0.3, -0.25) is 0 Å². The third-order valence-corrected chi connectivity index (χ3v) is 10.2. The number of allylic oxidation sites excluding steroid dienone is 3. The van der Waals surface area contributed by atoms with E-state index in [4.69, 9.17) is 10.7 Å². The molecule has 0 radical (unpaired) electrons. The van der Waals surface area contributed by atoms with Crippen LogP contribution in [0.25, 0.3) is 61.0 Å². The molecule has 9 rings (SSSR count). The smallest absolute Gasteiger partial charge is 0.0726 e. The van der Waals surface area contributed by atoms with Gasteiger partial charge in [-0.05, 0) is 109 Å². The number of hydrogen-bond acceptors (Lipinski definition) is 3. The molecule has 230 valence electrons. The summed E-state index contributed by atoms with van der Waals surface area (Å²) in [6, 6.07) is 55.0. The van der Waals surface area contributed by atoms with Gasteiger partial charge in [0.25, 0.3) is 0 Å². The van der Waals surface area contributed by atoms with Crippen LogP contribution in [0.2, 0.25) is 0 Å². The lowest BCUT2D eigenvalue weighted by Crippen LogP contribution is -2.26. The van der Waals surface area contributed by atoms with Crippen LogP contribution in [0.3, 0.4) is 0 Å². The molecule has 6 aromatic carbocycles.